The first-order valence-electron chi connectivity index (χ1n) is 9.21. The van der Waals surface area contributed by atoms with Gasteiger partial charge in [-0.05, 0) is 65.4 Å². The summed E-state index contributed by atoms with van der Waals surface area (Å²) in [4.78, 5) is 11.2. The van der Waals surface area contributed by atoms with Gasteiger partial charge in [0.25, 0.3) is 0 Å². The predicted octanol–water partition coefficient (Wildman–Crippen LogP) is 4.59. The topological polar surface area (TPSA) is 37.3 Å². The van der Waals surface area contributed by atoms with Gasteiger partial charge in [-0.25, -0.2) is 0 Å². The number of benzene rings is 1. The van der Waals surface area contributed by atoms with Crippen LogP contribution in [0, 0.1) is 40.9 Å². The molecule has 1 aromatic rings. The van der Waals surface area contributed by atoms with E-state index in [0.717, 1.165) is 17.8 Å². The van der Waals surface area contributed by atoms with Crippen molar-refractivity contribution in [3.8, 4) is 0 Å². The maximum absolute atomic E-state index is 11.2. The molecule has 5 aliphatic rings. The Hall–Kier alpha value is -1.31. The number of fused-ring (bicyclic) bond motifs is 1. The van der Waals surface area contributed by atoms with Gasteiger partial charge in [0.1, 0.15) is 0 Å². The van der Waals surface area contributed by atoms with E-state index in [2.05, 4.69) is 52.0 Å². The van der Waals surface area contributed by atoms with Crippen LogP contribution < -0.4 is 0 Å². The van der Waals surface area contributed by atoms with Gasteiger partial charge in [0.05, 0.1) is 5.41 Å². The highest BCUT2D eigenvalue weighted by Crippen LogP contribution is 2.83. The van der Waals surface area contributed by atoms with E-state index < -0.39 is 5.97 Å². The largest absolute Gasteiger partial charge is 0.481 e. The van der Waals surface area contributed by atoms with Gasteiger partial charge in [-0.1, -0.05) is 52.0 Å². The zero-order valence-corrected chi connectivity index (χ0v) is 14.6. The van der Waals surface area contributed by atoms with Crippen molar-refractivity contribution in [1.82, 2.24) is 0 Å². The van der Waals surface area contributed by atoms with E-state index in [1.165, 1.54) is 12.8 Å². The van der Waals surface area contributed by atoms with Crippen LogP contribution >= 0.6 is 0 Å². The van der Waals surface area contributed by atoms with Crippen molar-refractivity contribution in [1.29, 1.82) is 0 Å². The molecule has 8 atom stereocenters. The molecule has 4 bridgehead atoms. The zero-order valence-electron chi connectivity index (χ0n) is 14.6. The van der Waals surface area contributed by atoms with Crippen LogP contribution in [-0.2, 0) is 11.2 Å². The molecule has 4 saturated carbocycles. The van der Waals surface area contributed by atoms with E-state index in [4.69, 9.17) is 0 Å². The Morgan fingerprint density at radius 2 is 1.87 bits per heavy atom. The molecule has 1 N–H and O–H groups in total. The van der Waals surface area contributed by atoms with Crippen molar-refractivity contribution in [2.45, 2.75) is 46.5 Å². The van der Waals surface area contributed by atoms with Gasteiger partial charge in [0.2, 0.25) is 0 Å². The molecule has 0 aromatic heterocycles. The predicted molar refractivity (Wildman–Crippen MR) is 91.2 cm³/mol. The fourth-order valence-electron chi connectivity index (χ4n) is 6.57. The minimum atomic E-state index is -0.517. The van der Waals surface area contributed by atoms with E-state index in [0.29, 0.717) is 23.7 Å². The van der Waals surface area contributed by atoms with Crippen LogP contribution in [0.1, 0.15) is 51.2 Å². The minimum absolute atomic E-state index is 0.260. The smallest absolute Gasteiger partial charge is 0.310 e. The number of carbonyl (C=O) groups is 1. The van der Waals surface area contributed by atoms with Crippen molar-refractivity contribution in [3.05, 3.63) is 35.4 Å². The lowest BCUT2D eigenvalue weighted by Crippen LogP contribution is -2.22. The maximum Gasteiger partial charge on any atom is 0.310 e. The average molecular weight is 312 g/mol. The summed E-state index contributed by atoms with van der Waals surface area (Å²) < 4.78 is 0. The number of carboxylic acid groups (broad SMARTS) is 1. The first-order valence-corrected chi connectivity index (χ1v) is 9.21. The van der Waals surface area contributed by atoms with Crippen molar-refractivity contribution >= 4 is 5.97 Å². The van der Waals surface area contributed by atoms with Gasteiger partial charge >= 0.3 is 5.97 Å². The molecule has 6 rings (SSSR count). The average Bonchev–Trinajstić information content (AvgIpc) is 2.71. The summed E-state index contributed by atoms with van der Waals surface area (Å²) in [5.74, 6) is 4.02. The molecule has 124 valence electrons. The second kappa shape index (κ2) is 4.84. The molecule has 5 aliphatic carbocycles. The summed E-state index contributed by atoms with van der Waals surface area (Å²) in [6.07, 6.45) is 2.47. The van der Waals surface area contributed by atoms with Crippen LogP contribution in [0.15, 0.2) is 24.3 Å². The number of rotatable bonds is 1. The number of carboxylic acids is 1. The van der Waals surface area contributed by atoms with E-state index >= 15 is 0 Å². The van der Waals surface area contributed by atoms with E-state index in [1.54, 1.807) is 11.1 Å². The molecule has 0 amide bonds. The van der Waals surface area contributed by atoms with Crippen molar-refractivity contribution in [2.24, 2.45) is 40.9 Å². The minimum Gasteiger partial charge on any atom is -0.481 e. The summed E-state index contributed by atoms with van der Waals surface area (Å²) in [5, 5.41) is 9.20. The third kappa shape index (κ3) is 1.78. The Morgan fingerprint density at radius 1 is 1.17 bits per heavy atom. The quantitative estimate of drug-likeness (QED) is 0.823. The molecule has 1 aromatic carbocycles. The van der Waals surface area contributed by atoms with Crippen LogP contribution in [0.4, 0.5) is 0 Å². The van der Waals surface area contributed by atoms with Gasteiger partial charge in [-0.3, -0.25) is 4.79 Å². The lowest BCUT2D eigenvalue weighted by atomic mass is 9.90. The van der Waals surface area contributed by atoms with Crippen LogP contribution in [0.2, 0.25) is 0 Å². The van der Waals surface area contributed by atoms with Gasteiger partial charge in [-0.15, -0.1) is 0 Å². The maximum atomic E-state index is 11.2. The lowest BCUT2D eigenvalue weighted by Gasteiger charge is -2.14. The summed E-state index contributed by atoms with van der Waals surface area (Å²) in [6.45, 7) is 9.05. The van der Waals surface area contributed by atoms with Crippen molar-refractivity contribution in [2.75, 3.05) is 0 Å². The molecule has 0 heterocycles. The molecule has 23 heavy (non-hydrogen) atoms. The Morgan fingerprint density at radius 3 is 2.30 bits per heavy atom. The van der Waals surface area contributed by atoms with Crippen LogP contribution in [0.3, 0.4) is 0 Å². The second-order valence-electron chi connectivity index (χ2n) is 8.59. The molecule has 4 fully saturated rings. The highest BCUT2D eigenvalue weighted by molar-refractivity contribution is 5.82. The normalized spacial score (nSPS) is 47.7. The highest BCUT2D eigenvalue weighted by Gasteiger charge is 2.84. The second-order valence-corrected chi connectivity index (χ2v) is 8.59. The molecule has 0 aliphatic heterocycles. The fraction of sp³-hybridized carbons (Fsp3) is 0.667. The van der Waals surface area contributed by atoms with Gasteiger partial charge in [-0.2, -0.15) is 0 Å². The van der Waals surface area contributed by atoms with E-state index in [-0.39, 0.29) is 5.41 Å². The van der Waals surface area contributed by atoms with Gasteiger partial charge in [0.15, 0.2) is 0 Å². The number of hydrogen-bond acceptors (Lipinski definition) is 1. The lowest BCUT2D eigenvalue weighted by molar-refractivity contribution is -0.145. The third-order valence-electron chi connectivity index (χ3n) is 7.96. The van der Waals surface area contributed by atoms with Crippen LogP contribution in [0.5, 0.6) is 0 Å². The number of aliphatic carboxylic acids is 1. The first-order chi connectivity index (χ1) is 10.9. The van der Waals surface area contributed by atoms with Crippen molar-refractivity contribution < 1.29 is 9.90 Å². The third-order valence-corrected chi connectivity index (χ3v) is 7.96. The fourth-order valence-corrected chi connectivity index (χ4v) is 6.57. The molecule has 0 radical (unpaired) electrons. The van der Waals surface area contributed by atoms with E-state index in [9.17, 15) is 9.90 Å². The van der Waals surface area contributed by atoms with Gasteiger partial charge in [0, 0.05) is 0 Å². The molecule has 0 saturated heterocycles. The molecule has 2 heteroatoms. The van der Waals surface area contributed by atoms with Crippen molar-refractivity contribution in [3.63, 3.8) is 0 Å². The van der Waals surface area contributed by atoms with Crippen LogP contribution in [-0.4, -0.2) is 11.1 Å². The Bertz CT molecular complexity index is 647. The standard InChI is InChI=1S/C11H14.C10H14O2/c1-8-7-10-5-3-4-6-11(10)9(8)2;1-4-6-3-7-8(4)10(7,5(6)2)9(11)12/h3-6,8-9H,7H2,1-2H3;4-8H,3H2,1-2H3,(H,11,12). The van der Waals surface area contributed by atoms with E-state index in [1.807, 2.05) is 0 Å². The summed E-state index contributed by atoms with van der Waals surface area (Å²) >= 11 is 0. The molecular weight excluding hydrogens is 284 g/mol. The first kappa shape index (κ1) is 15.2. The summed E-state index contributed by atoms with van der Waals surface area (Å²) in [5.41, 5.74) is 2.87. The Kier molecular flexibility index (Phi) is 3.21. The Balaban J connectivity index is 0.000000118. The Labute approximate surface area is 139 Å². The highest BCUT2D eigenvalue weighted by atomic mass is 16.4. The monoisotopic (exact) mass is 312 g/mol. The summed E-state index contributed by atoms with van der Waals surface area (Å²) in [7, 11) is 0. The van der Waals surface area contributed by atoms with Gasteiger partial charge < -0.3 is 5.11 Å². The summed E-state index contributed by atoms with van der Waals surface area (Å²) in [6, 6.07) is 8.82. The zero-order chi connectivity index (χ0) is 16.5. The number of hydrogen-bond donors (Lipinski definition) is 1. The SMILES string of the molecule is CC1C2CC3C1C3(C(=O)O)C2C.CC1Cc2ccccc2C1C. The molecule has 8 unspecified atom stereocenters. The van der Waals surface area contributed by atoms with Crippen LogP contribution in [0.25, 0.3) is 0 Å². The molecular formula is C21H28O2. The molecule has 2 nitrogen and oxygen atoms in total. The molecule has 0 spiro atoms.